The minimum atomic E-state index is -0.716. The topological polar surface area (TPSA) is 69.4 Å². The second-order valence-corrected chi connectivity index (χ2v) is 4.61. The van der Waals surface area contributed by atoms with Crippen molar-refractivity contribution in [2.75, 3.05) is 0 Å². The molecule has 0 fully saturated rings. The molecule has 2 rings (SSSR count). The van der Waals surface area contributed by atoms with Crippen LogP contribution in [-0.4, -0.2) is 10.9 Å². The summed E-state index contributed by atoms with van der Waals surface area (Å²) in [6.45, 7) is 0. The van der Waals surface area contributed by atoms with Gasteiger partial charge in [-0.15, -0.1) is 0 Å². The third-order valence-corrected chi connectivity index (χ3v) is 2.94. The van der Waals surface area contributed by atoms with Crippen LogP contribution in [0.25, 0.3) is 0 Å². The molecule has 0 N–H and O–H groups in total. The van der Waals surface area contributed by atoms with E-state index < -0.39 is 10.9 Å². The minimum absolute atomic E-state index is 0.0650. The van der Waals surface area contributed by atoms with E-state index in [1.165, 1.54) is 36.4 Å². The lowest BCUT2D eigenvalue weighted by molar-refractivity contribution is -0.384. The third-order valence-electron chi connectivity index (χ3n) is 2.39. The van der Waals surface area contributed by atoms with Gasteiger partial charge in [0.15, 0.2) is 0 Å². The Labute approximate surface area is 123 Å². The summed E-state index contributed by atoms with van der Waals surface area (Å²) in [5.41, 5.74) is -0.0416. The Hall–Kier alpha value is -2.11. The zero-order chi connectivity index (χ0) is 14.7. The molecule has 0 saturated heterocycles. The van der Waals surface area contributed by atoms with Crippen LogP contribution in [-0.2, 0) is 0 Å². The van der Waals surface area contributed by atoms with Crippen molar-refractivity contribution < 1.29 is 14.5 Å². The Morgan fingerprint density at radius 3 is 2.55 bits per heavy atom. The number of carbonyl (C=O) groups is 1. The summed E-state index contributed by atoms with van der Waals surface area (Å²) in [5.74, 6) is -0.651. The largest absolute Gasteiger partial charge is 0.423 e. The maximum Gasteiger partial charge on any atom is 0.345 e. The van der Waals surface area contributed by atoms with Crippen LogP contribution in [0.5, 0.6) is 5.75 Å². The van der Waals surface area contributed by atoms with Crippen molar-refractivity contribution in [3.05, 3.63) is 68.2 Å². The van der Waals surface area contributed by atoms with E-state index in [1.807, 2.05) is 0 Å². The number of nitro benzene ring substituents is 1. The lowest BCUT2D eigenvalue weighted by Crippen LogP contribution is -2.09. The Kier molecular flexibility index (Phi) is 4.22. The van der Waals surface area contributed by atoms with Gasteiger partial charge in [-0.25, -0.2) is 4.79 Å². The Balaban J connectivity index is 2.23. The zero-order valence-corrected chi connectivity index (χ0v) is 11.4. The van der Waals surface area contributed by atoms with E-state index in [2.05, 4.69) is 0 Å². The third kappa shape index (κ3) is 3.26. The first kappa shape index (κ1) is 14.3. The van der Waals surface area contributed by atoms with Crippen LogP contribution in [0.3, 0.4) is 0 Å². The van der Waals surface area contributed by atoms with Crippen molar-refractivity contribution in [2.45, 2.75) is 0 Å². The molecule has 0 aromatic heterocycles. The fraction of sp³-hybridized carbons (Fsp3) is 0. The van der Waals surface area contributed by atoms with E-state index in [1.54, 1.807) is 0 Å². The van der Waals surface area contributed by atoms with Gasteiger partial charge in [-0.2, -0.15) is 0 Å². The van der Waals surface area contributed by atoms with Crippen molar-refractivity contribution in [3.63, 3.8) is 0 Å². The monoisotopic (exact) mass is 311 g/mol. The van der Waals surface area contributed by atoms with Gasteiger partial charge in [-0.3, -0.25) is 10.1 Å². The SMILES string of the molecule is O=C(Oc1cccc([N+](=O)[O-])c1)c1ccc(Cl)cc1Cl. The van der Waals surface area contributed by atoms with Gasteiger partial charge in [0.2, 0.25) is 0 Å². The zero-order valence-electron chi connectivity index (χ0n) is 9.88. The standard InChI is InChI=1S/C13H7Cl2NO4/c14-8-4-5-11(12(15)6-8)13(17)20-10-3-1-2-9(7-10)16(18)19/h1-7H. The maximum atomic E-state index is 11.9. The molecule has 0 unspecified atom stereocenters. The molecule has 7 heteroatoms. The molecule has 0 aliphatic heterocycles. The van der Waals surface area contributed by atoms with Crippen molar-refractivity contribution in [2.24, 2.45) is 0 Å². The van der Waals surface area contributed by atoms with Crippen LogP contribution in [0.1, 0.15) is 10.4 Å². The second-order valence-electron chi connectivity index (χ2n) is 3.77. The molecule has 0 aliphatic carbocycles. The number of nitro groups is 1. The van der Waals surface area contributed by atoms with Crippen molar-refractivity contribution >= 4 is 34.9 Å². The molecule has 0 heterocycles. The normalized spacial score (nSPS) is 10.1. The van der Waals surface area contributed by atoms with Crippen molar-refractivity contribution in [3.8, 4) is 5.75 Å². The van der Waals surface area contributed by atoms with Gasteiger partial charge < -0.3 is 4.74 Å². The molecule has 0 amide bonds. The van der Waals surface area contributed by atoms with Gasteiger partial charge in [-0.1, -0.05) is 29.3 Å². The summed E-state index contributed by atoms with van der Waals surface area (Å²) >= 11 is 11.6. The number of hydrogen-bond donors (Lipinski definition) is 0. The summed E-state index contributed by atoms with van der Waals surface area (Å²) < 4.78 is 5.04. The molecule has 5 nitrogen and oxygen atoms in total. The van der Waals surface area contributed by atoms with Crippen LogP contribution < -0.4 is 4.74 Å². The number of non-ortho nitro benzene ring substituents is 1. The van der Waals surface area contributed by atoms with E-state index in [0.29, 0.717) is 5.02 Å². The summed E-state index contributed by atoms with van der Waals surface area (Å²) in [7, 11) is 0. The van der Waals surface area contributed by atoms with E-state index in [9.17, 15) is 14.9 Å². The highest BCUT2D eigenvalue weighted by Gasteiger charge is 2.15. The van der Waals surface area contributed by atoms with Crippen molar-refractivity contribution in [1.29, 1.82) is 0 Å². The van der Waals surface area contributed by atoms with Crippen LogP contribution in [0.4, 0.5) is 5.69 Å². The fourth-order valence-corrected chi connectivity index (χ4v) is 1.96. The van der Waals surface area contributed by atoms with Gasteiger partial charge in [0.1, 0.15) is 5.75 Å². The molecule has 0 spiro atoms. The highest BCUT2D eigenvalue weighted by molar-refractivity contribution is 6.36. The average molecular weight is 312 g/mol. The van der Waals surface area contributed by atoms with E-state index >= 15 is 0 Å². The highest BCUT2D eigenvalue weighted by atomic mass is 35.5. The van der Waals surface area contributed by atoms with Crippen LogP contribution in [0, 0.1) is 10.1 Å². The molecule has 2 aromatic rings. The number of ether oxygens (including phenoxy) is 1. The van der Waals surface area contributed by atoms with Gasteiger partial charge in [0.05, 0.1) is 21.6 Å². The molecule has 0 radical (unpaired) electrons. The summed E-state index contributed by atoms with van der Waals surface area (Å²) in [5, 5.41) is 11.2. The average Bonchev–Trinajstić information content (AvgIpc) is 2.38. The Bertz CT molecular complexity index is 688. The van der Waals surface area contributed by atoms with Gasteiger partial charge in [0.25, 0.3) is 5.69 Å². The minimum Gasteiger partial charge on any atom is -0.423 e. The number of benzene rings is 2. The quantitative estimate of drug-likeness (QED) is 0.370. The predicted molar refractivity (Wildman–Crippen MR) is 74.5 cm³/mol. The molecular weight excluding hydrogens is 305 g/mol. The first-order valence-corrected chi connectivity index (χ1v) is 6.14. The molecular formula is C13H7Cl2NO4. The number of nitrogens with zero attached hydrogens (tertiary/aromatic N) is 1. The van der Waals surface area contributed by atoms with E-state index in [-0.39, 0.29) is 22.0 Å². The number of hydrogen-bond acceptors (Lipinski definition) is 4. The lowest BCUT2D eigenvalue weighted by atomic mass is 10.2. The molecule has 0 aliphatic rings. The van der Waals surface area contributed by atoms with Gasteiger partial charge in [0, 0.05) is 11.1 Å². The highest BCUT2D eigenvalue weighted by Crippen LogP contribution is 2.24. The van der Waals surface area contributed by atoms with Crippen molar-refractivity contribution in [1.82, 2.24) is 0 Å². The summed E-state index contributed by atoms with van der Waals surface area (Å²) in [4.78, 5) is 22.0. The molecule has 20 heavy (non-hydrogen) atoms. The van der Waals surface area contributed by atoms with E-state index in [4.69, 9.17) is 27.9 Å². The van der Waals surface area contributed by atoms with E-state index in [0.717, 1.165) is 6.07 Å². The smallest absolute Gasteiger partial charge is 0.345 e. The molecule has 2 aromatic carbocycles. The molecule has 0 atom stereocenters. The summed E-state index contributed by atoms with van der Waals surface area (Å²) in [6.07, 6.45) is 0. The maximum absolute atomic E-state index is 11.9. The molecule has 0 bridgehead atoms. The van der Waals surface area contributed by atoms with Crippen LogP contribution in [0.2, 0.25) is 10.0 Å². The first-order chi connectivity index (χ1) is 9.47. The number of carbonyl (C=O) groups excluding carboxylic acids is 1. The van der Waals surface area contributed by atoms with Gasteiger partial charge in [-0.05, 0) is 24.3 Å². The van der Waals surface area contributed by atoms with Crippen LogP contribution in [0.15, 0.2) is 42.5 Å². The first-order valence-electron chi connectivity index (χ1n) is 5.39. The Morgan fingerprint density at radius 1 is 1.15 bits per heavy atom. The molecule has 102 valence electrons. The second kappa shape index (κ2) is 5.90. The van der Waals surface area contributed by atoms with Gasteiger partial charge >= 0.3 is 5.97 Å². The lowest BCUT2D eigenvalue weighted by Gasteiger charge is -2.06. The van der Waals surface area contributed by atoms with Crippen LogP contribution >= 0.6 is 23.2 Å². The fourth-order valence-electron chi connectivity index (χ4n) is 1.48. The molecule has 0 saturated carbocycles. The summed E-state index contributed by atoms with van der Waals surface area (Å²) in [6, 6.07) is 9.64. The number of rotatable bonds is 3. The predicted octanol–water partition coefficient (Wildman–Crippen LogP) is 4.12. The number of esters is 1. The number of halogens is 2. The Morgan fingerprint density at radius 2 is 1.90 bits per heavy atom.